The molecule has 1 aliphatic rings. The number of aromatic nitrogens is 2. The minimum absolute atomic E-state index is 0. The Labute approximate surface area is 210 Å². The number of rotatable bonds is 7. The normalized spacial score (nSPS) is 15.2. The molecule has 1 N–H and O–H groups in total. The molecule has 1 aromatic heterocycles. The molecule has 0 unspecified atom stereocenters. The van der Waals surface area contributed by atoms with Crippen molar-refractivity contribution in [2.45, 2.75) is 19.1 Å². The first-order valence-corrected chi connectivity index (χ1v) is 10.7. The van der Waals surface area contributed by atoms with E-state index in [1.807, 2.05) is 18.0 Å². The minimum Gasteiger partial charge on any atom is -0.356 e. The van der Waals surface area contributed by atoms with E-state index in [0.29, 0.717) is 6.54 Å². The summed E-state index contributed by atoms with van der Waals surface area (Å²) in [5, 5.41) is 3.34. The lowest BCUT2D eigenvalue weighted by Gasteiger charge is -2.34. The van der Waals surface area contributed by atoms with Gasteiger partial charge in [0, 0.05) is 65.8 Å². The van der Waals surface area contributed by atoms with Crippen LogP contribution in [-0.4, -0.2) is 79.1 Å². The van der Waals surface area contributed by atoms with Crippen LogP contribution in [0.4, 0.5) is 19.1 Å². The van der Waals surface area contributed by atoms with Crippen molar-refractivity contribution in [1.82, 2.24) is 25.1 Å². The second-order valence-corrected chi connectivity index (χ2v) is 7.76. The highest BCUT2D eigenvalue weighted by molar-refractivity contribution is 14.0. The summed E-state index contributed by atoms with van der Waals surface area (Å²) in [5.74, 6) is 1.50. The lowest BCUT2D eigenvalue weighted by atomic mass is 10.1. The van der Waals surface area contributed by atoms with Crippen molar-refractivity contribution in [2.75, 3.05) is 58.3 Å². The topological polar surface area (TPSA) is 59.9 Å². The van der Waals surface area contributed by atoms with Gasteiger partial charge in [-0.05, 0) is 36.7 Å². The number of alkyl halides is 3. The molecule has 182 valence electrons. The second kappa shape index (κ2) is 12.9. The van der Waals surface area contributed by atoms with Crippen LogP contribution >= 0.6 is 24.0 Å². The van der Waals surface area contributed by atoms with E-state index in [2.05, 4.69) is 30.1 Å². The number of halogens is 4. The van der Waals surface area contributed by atoms with Gasteiger partial charge in [0.25, 0.3) is 0 Å². The average Bonchev–Trinajstić information content (AvgIpc) is 2.80. The van der Waals surface area contributed by atoms with Crippen molar-refractivity contribution >= 4 is 35.9 Å². The van der Waals surface area contributed by atoms with E-state index in [4.69, 9.17) is 0 Å². The molecule has 1 aliphatic heterocycles. The quantitative estimate of drug-likeness (QED) is 0.236. The predicted octanol–water partition coefficient (Wildman–Crippen LogP) is 3.33. The van der Waals surface area contributed by atoms with Crippen LogP contribution in [0.1, 0.15) is 17.5 Å². The van der Waals surface area contributed by atoms with Crippen molar-refractivity contribution < 1.29 is 13.2 Å². The lowest BCUT2D eigenvalue weighted by Crippen LogP contribution is -2.47. The van der Waals surface area contributed by atoms with Gasteiger partial charge in [-0.25, -0.2) is 9.97 Å². The van der Waals surface area contributed by atoms with Gasteiger partial charge in [-0.2, -0.15) is 13.2 Å². The largest absolute Gasteiger partial charge is 0.416 e. The summed E-state index contributed by atoms with van der Waals surface area (Å²) in [5.41, 5.74) is 0.159. The van der Waals surface area contributed by atoms with E-state index in [0.717, 1.165) is 75.3 Å². The molecule has 2 heterocycles. The molecule has 0 saturated carbocycles. The number of benzene rings is 1. The van der Waals surface area contributed by atoms with E-state index in [9.17, 15) is 13.2 Å². The zero-order valence-electron chi connectivity index (χ0n) is 18.9. The van der Waals surface area contributed by atoms with Gasteiger partial charge >= 0.3 is 6.18 Å². The number of hydrogen-bond acceptors (Lipinski definition) is 5. The fourth-order valence-electron chi connectivity index (χ4n) is 3.66. The number of piperazine rings is 1. The van der Waals surface area contributed by atoms with Crippen molar-refractivity contribution in [3.05, 3.63) is 53.9 Å². The van der Waals surface area contributed by atoms with Gasteiger partial charge in [0.15, 0.2) is 5.96 Å². The van der Waals surface area contributed by atoms with E-state index in [1.165, 1.54) is 12.1 Å². The monoisotopic (exact) mass is 577 g/mol. The molecule has 0 amide bonds. The van der Waals surface area contributed by atoms with Gasteiger partial charge in [0.2, 0.25) is 5.95 Å². The van der Waals surface area contributed by atoms with Gasteiger partial charge in [-0.15, -0.1) is 24.0 Å². The highest BCUT2D eigenvalue weighted by atomic mass is 127. The Balaban J connectivity index is 0.00000385. The molecule has 33 heavy (non-hydrogen) atoms. The fraction of sp³-hybridized carbons (Fsp3) is 0.500. The van der Waals surface area contributed by atoms with Crippen LogP contribution < -0.4 is 10.2 Å². The van der Waals surface area contributed by atoms with Gasteiger partial charge in [-0.1, -0.05) is 12.1 Å². The van der Waals surface area contributed by atoms with Crippen molar-refractivity contribution in [3.63, 3.8) is 0 Å². The smallest absolute Gasteiger partial charge is 0.356 e. The third kappa shape index (κ3) is 8.29. The van der Waals surface area contributed by atoms with Crippen molar-refractivity contribution in [1.29, 1.82) is 0 Å². The molecule has 0 radical (unpaired) electrons. The maximum Gasteiger partial charge on any atom is 0.416 e. The van der Waals surface area contributed by atoms with Gasteiger partial charge in [0.05, 0.1) is 5.56 Å². The Kier molecular flexibility index (Phi) is 10.6. The zero-order valence-corrected chi connectivity index (χ0v) is 21.3. The molecule has 11 heteroatoms. The van der Waals surface area contributed by atoms with Crippen molar-refractivity contribution in [3.8, 4) is 0 Å². The SMILES string of the molecule is CN=C(NCCCN1CCN(c2ncccn2)CC1)N(C)Cc1ccc(C(F)(F)F)cc1.I. The number of aliphatic imine (C=N–C) groups is 1. The molecular weight excluding hydrogens is 546 g/mol. The second-order valence-electron chi connectivity index (χ2n) is 7.76. The highest BCUT2D eigenvalue weighted by Crippen LogP contribution is 2.29. The molecule has 0 spiro atoms. The van der Waals surface area contributed by atoms with Crippen LogP contribution in [0.3, 0.4) is 0 Å². The Bertz CT molecular complexity index is 855. The lowest BCUT2D eigenvalue weighted by molar-refractivity contribution is -0.137. The molecule has 0 atom stereocenters. The summed E-state index contributed by atoms with van der Waals surface area (Å²) < 4.78 is 38.2. The van der Waals surface area contributed by atoms with Crippen molar-refractivity contribution in [2.24, 2.45) is 4.99 Å². The number of guanidine groups is 1. The van der Waals surface area contributed by atoms with Gasteiger partial charge in [0.1, 0.15) is 0 Å². The highest BCUT2D eigenvalue weighted by Gasteiger charge is 2.30. The predicted molar refractivity (Wildman–Crippen MR) is 135 cm³/mol. The number of hydrogen-bond donors (Lipinski definition) is 1. The molecule has 1 saturated heterocycles. The Morgan fingerprint density at radius 3 is 2.30 bits per heavy atom. The minimum atomic E-state index is -4.32. The molecule has 7 nitrogen and oxygen atoms in total. The maximum absolute atomic E-state index is 12.7. The number of nitrogens with zero attached hydrogens (tertiary/aromatic N) is 6. The Morgan fingerprint density at radius 1 is 1.09 bits per heavy atom. The molecule has 0 bridgehead atoms. The molecule has 0 aliphatic carbocycles. The van der Waals surface area contributed by atoms with Crippen LogP contribution in [0.2, 0.25) is 0 Å². The first-order chi connectivity index (χ1) is 15.4. The average molecular weight is 577 g/mol. The summed E-state index contributed by atoms with van der Waals surface area (Å²) in [6.07, 6.45) is 0.183. The fourth-order valence-corrected chi connectivity index (χ4v) is 3.66. The first-order valence-electron chi connectivity index (χ1n) is 10.7. The van der Waals surface area contributed by atoms with Crippen LogP contribution in [0, 0.1) is 0 Å². The van der Waals surface area contributed by atoms with Crippen LogP contribution in [0.25, 0.3) is 0 Å². The zero-order chi connectivity index (χ0) is 23.0. The standard InChI is InChI=1S/C22H30F3N7.HI/c1-26-20(30(2)17-18-5-7-19(8-6-18)22(23,24)25)27-11-4-12-31-13-15-32(16-14-31)21-28-9-3-10-29-21;/h3,5-10H,4,11-17H2,1-2H3,(H,26,27);1H. The number of anilines is 1. The Morgan fingerprint density at radius 2 is 1.73 bits per heavy atom. The van der Waals surface area contributed by atoms with E-state index >= 15 is 0 Å². The Hall–Kier alpha value is -2.15. The summed E-state index contributed by atoms with van der Waals surface area (Å²) in [7, 11) is 3.58. The summed E-state index contributed by atoms with van der Waals surface area (Å²) in [4.78, 5) is 19.4. The molecular formula is C22H31F3IN7. The van der Waals surface area contributed by atoms with E-state index in [1.54, 1.807) is 19.4 Å². The van der Waals surface area contributed by atoms with Crippen LogP contribution in [-0.2, 0) is 12.7 Å². The first kappa shape index (κ1) is 27.1. The molecule has 1 aromatic carbocycles. The molecule has 2 aromatic rings. The summed E-state index contributed by atoms with van der Waals surface area (Å²) in [6, 6.07) is 7.06. The number of nitrogens with one attached hydrogen (secondary N) is 1. The maximum atomic E-state index is 12.7. The molecule has 1 fully saturated rings. The summed E-state index contributed by atoms with van der Waals surface area (Å²) in [6.45, 7) is 6.00. The van der Waals surface area contributed by atoms with Crippen LogP contribution in [0.15, 0.2) is 47.7 Å². The molecule has 3 rings (SSSR count). The van der Waals surface area contributed by atoms with E-state index < -0.39 is 11.7 Å². The third-order valence-electron chi connectivity index (χ3n) is 5.42. The van der Waals surface area contributed by atoms with Gasteiger partial charge < -0.3 is 15.1 Å². The van der Waals surface area contributed by atoms with Gasteiger partial charge in [-0.3, -0.25) is 9.89 Å². The van der Waals surface area contributed by atoms with E-state index in [-0.39, 0.29) is 24.0 Å². The van der Waals surface area contributed by atoms with Crippen LogP contribution in [0.5, 0.6) is 0 Å². The summed E-state index contributed by atoms with van der Waals surface area (Å²) >= 11 is 0. The third-order valence-corrected chi connectivity index (χ3v) is 5.42.